The lowest BCUT2D eigenvalue weighted by Crippen LogP contribution is -2.38. The van der Waals surface area contributed by atoms with Crippen LogP contribution in [0.3, 0.4) is 0 Å². The van der Waals surface area contributed by atoms with E-state index in [4.69, 9.17) is 0 Å². The molecule has 1 amide bonds. The van der Waals surface area contributed by atoms with Crippen LogP contribution in [-0.4, -0.2) is 30.7 Å². The van der Waals surface area contributed by atoms with E-state index in [2.05, 4.69) is 20.3 Å². The minimum absolute atomic E-state index is 0.158. The second-order valence-corrected chi connectivity index (χ2v) is 3.81. The molecule has 1 aromatic heterocycles. The fraction of sp³-hybridized carbons (Fsp3) is 0.600. The van der Waals surface area contributed by atoms with Crippen molar-refractivity contribution in [2.45, 2.75) is 12.8 Å². The molecule has 2 N–H and O–H groups in total. The number of rotatable bonds is 3. The summed E-state index contributed by atoms with van der Waals surface area (Å²) in [5, 5.41) is 9.74. The number of carbonyl (C=O) groups is 1. The Kier molecular flexibility index (Phi) is 3.34. The van der Waals surface area contributed by atoms with Crippen molar-refractivity contribution in [3.05, 3.63) is 18.0 Å². The quantitative estimate of drug-likeness (QED) is 0.756. The number of nitrogens with zero attached hydrogens (tertiary/aromatic N) is 1. The first kappa shape index (κ1) is 10.2. The molecule has 1 aliphatic heterocycles. The van der Waals surface area contributed by atoms with Crippen molar-refractivity contribution in [2.75, 3.05) is 19.6 Å². The van der Waals surface area contributed by atoms with Crippen LogP contribution in [0, 0.1) is 5.92 Å². The fourth-order valence-electron chi connectivity index (χ4n) is 1.76. The van der Waals surface area contributed by atoms with Gasteiger partial charge < -0.3 is 15.2 Å². The smallest absolute Gasteiger partial charge is 0.273 e. The molecule has 1 fully saturated rings. The largest absolute Gasteiger partial charge is 0.364 e. The van der Waals surface area contributed by atoms with Gasteiger partial charge in [-0.05, 0) is 31.8 Å². The van der Waals surface area contributed by atoms with E-state index in [0.717, 1.165) is 13.1 Å². The standard InChI is InChI=1S/C10H15N3O2/c14-10(9-3-5-15-13-9)12-7-8-2-1-4-11-6-8/h3,5,8,11H,1-2,4,6-7H2,(H,12,14). The Hall–Kier alpha value is -1.36. The summed E-state index contributed by atoms with van der Waals surface area (Å²) >= 11 is 0. The van der Waals surface area contributed by atoms with Crippen molar-refractivity contribution in [3.8, 4) is 0 Å². The molecule has 0 radical (unpaired) electrons. The zero-order valence-electron chi connectivity index (χ0n) is 8.53. The van der Waals surface area contributed by atoms with Crippen LogP contribution in [0.25, 0.3) is 0 Å². The van der Waals surface area contributed by atoms with E-state index >= 15 is 0 Å². The van der Waals surface area contributed by atoms with Crippen molar-refractivity contribution >= 4 is 5.91 Å². The van der Waals surface area contributed by atoms with Gasteiger partial charge in [0.2, 0.25) is 0 Å². The molecule has 0 aromatic carbocycles. The number of aromatic nitrogens is 1. The Morgan fingerprint density at radius 2 is 2.67 bits per heavy atom. The van der Waals surface area contributed by atoms with Gasteiger partial charge in [0.05, 0.1) is 0 Å². The molecule has 1 atom stereocenters. The molecular weight excluding hydrogens is 194 g/mol. The lowest BCUT2D eigenvalue weighted by Gasteiger charge is -2.22. The zero-order valence-corrected chi connectivity index (χ0v) is 8.53. The molecule has 0 spiro atoms. The number of amides is 1. The number of piperidine rings is 1. The number of carbonyl (C=O) groups excluding carboxylic acids is 1. The van der Waals surface area contributed by atoms with Crippen LogP contribution in [0.5, 0.6) is 0 Å². The molecule has 2 heterocycles. The number of hydrogen-bond donors (Lipinski definition) is 2. The number of nitrogens with one attached hydrogen (secondary N) is 2. The predicted octanol–water partition coefficient (Wildman–Crippen LogP) is 0.404. The topological polar surface area (TPSA) is 67.2 Å². The molecule has 5 heteroatoms. The molecule has 1 unspecified atom stereocenters. The molecule has 0 aliphatic carbocycles. The van der Waals surface area contributed by atoms with Gasteiger partial charge in [-0.2, -0.15) is 0 Å². The maximum atomic E-state index is 11.5. The Morgan fingerprint density at radius 1 is 1.73 bits per heavy atom. The first-order chi connectivity index (χ1) is 7.36. The molecule has 82 valence electrons. The van der Waals surface area contributed by atoms with Gasteiger partial charge in [0.15, 0.2) is 5.69 Å². The van der Waals surface area contributed by atoms with Gasteiger partial charge in [0.25, 0.3) is 5.91 Å². The van der Waals surface area contributed by atoms with Crippen LogP contribution in [0.2, 0.25) is 0 Å². The van der Waals surface area contributed by atoms with Gasteiger partial charge in [-0.25, -0.2) is 0 Å². The van der Waals surface area contributed by atoms with Crippen LogP contribution in [0.4, 0.5) is 0 Å². The summed E-state index contributed by atoms with van der Waals surface area (Å²) in [5.41, 5.74) is 0.346. The summed E-state index contributed by atoms with van der Waals surface area (Å²) in [6.07, 6.45) is 3.76. The third-order valence-corrected chi connectivity index (χ3v) is 2.62. The summed E-state index contributed by atoms with van der Waals surface area (Å²) < 4.78 is 4.60. The van der Waals surface area contributed by atoms with Gasteiger partial charge in [0.1, 0.15) is 6.26 Å². The van der Waals surface area contributed by atoms with E-state index in [0.29, 0.717) is 18.2 Å². The Morgan fingerprint density at radius 3 is 3.33 bits per heavy atom. The first-order valence-electron chi connectivity index (χ1n) is 5.25. The fourth-order valence-corrected chi connectivity index (χ4v) is 1.76. The van der Waals surface area contributed by atoms with E-state index in [1.807, 2.05) is 0 Å². The third-order valence-electron chi connectivity index (χ3n) is 2.62. The normalized spacial score (nSPS) is 21.2. The van der Waals surface area contributed by atoms with Gasteiger partial charge in [-0.15, -0.1) is 0 Å². The molecule has 0 bridgehead atoms. The minimum Gasteiger partial charge on any atom is -0.364 e. The highest BCUT2D eigenvalue weighted by Gasteiger charge is 2.15. The van der Waals surface area contributed by atoms with Crippen LogP contribution < -0.4 is 10.6 Å². The highest BCUT2D eigenvalue weighted by Crippen LogP contribution is 2.08. The zero-order chi connectivity index (χ0) is 10.5. The van der Waals surface area contributed by atoms with E-state index < -0.39 is 0 Å². The summed E-state index contributed by atoms with van der Waals surface area (Å²) in [6.45, 7) is 2.78. The highest BCUT2D eigenvalue weighted by atomic mass is 16.5. The van der Waals surface area contributed by atoms with E-state index in [9.17, 15) is 4.79 Å². The lowest BCUT2D eigenvalue weighted by atomic mass is 10.00. The third kappa shape index (κ3) is 2.79. The second kappa shape index (κ2) is 4.93. The lowest BCUT2D eigenvalue weighted by molar-refractivity contribution is 0.0936. The maximum absolute atomic E-state index is 11.5. The Labute approximate surface area is 88.2 Å². The van der Waals surface area contributed by atoms with Crippen molar-refractivity contribution in [1.29, 1.82) is 0 Å². The van der Waals surface area contributed by atoms with E-state index in [1.165, 1.54) is 19.1 Å². The second-order valence-electron chi connectivity index (χ2n) is 3.81. The molecule has 5 nitrogen and oxygen atoms in total. The Balaban J connectivity index is 1.75. The van der Waals surface area contributed by atoms with Crippen molar-refractivity contribution in [1.82, 2.24) is 15.8 Å². The molecule has 2 rings (SSSR count). The van der Waals surface area contributed by atoms with E-state index in [-0.39, 0.29) is 5.91 Å². The average Bonchev–Trinajstić information content (AvgIpc) is 2.81. The summed E-state index contributed by atoms with van der Waals surface area (Å²) in [5.74, 6) is 0.379. The molecule has 1 saturated heterocycles. The van der Waals surface area contributed by atoms with Gasteiger partial charge in [-0.3, -0.25) is 4.79 Å². The van der Waals surface area contributed by atoms with Crippen molar-refractivity contribution < 1.29 is 9.32 Å². The van der Waals surface area contributed by atoms with Crippen molar-refractivity contribution in [3.63, 3.8) is 0 Å². The molecular formula is C10H15N3O2. The van der Waals surface area contributed by atoms with Crippen LogP contribution in [0.1, 0.15) is 23.3 Å². The van der Waals surface area contributed by atoms with Gasteiger partial charge in [-0.1, -0.05) is 5.16 Å². The van der Waals surface area contributed by atoms with Gasteiger partial charge >= 0.3 is 0 Å². The highest BCUT2D eigenvalue weighted by molar-refractivity contribution is 5.91. The number of hydrogen-bond acceptors (Lipinski definition) is 4. The summed E-state index contributed by atoms with van der Waals surface area (Å²) in [4.78, 5) is 11.5. The summed E-state index contributed by atoms with van der Waals surface area (Å²) in [7, 11) is 0. The Bertz CT molecular complexity index is 304. The van der Waals surface area contributed by atoms with Crippen LogP contribution >= 0.6 is 0 Å². The molecule has 1 aliphatic rings. The predicted molar refractivity (Wildman–Crippen MR) is 54.4 cm³/mol. The van der Waals surface area contributed by atoms with Gasteiger partial charge in [0, 0.05) is 12.6 Å². The first-order valence-corrected chi connectivity index (χ1v) is 5.25. The minimum atomic E-state index is -0.158. The SMILES string of the molecule is O=C(NCC1CCCNC1)c1ccon1. The van der Waals surface area contributed by atoms with Crippen LogP contribution in [-0.2, 0) is 0 Å². The van der Waals surface area contributed by atoms with Crippen molar-refractivity contribution in [2.24, 2.45) is 5.92 Å². The van der Waals surface area contributed by atoms with E-state index in [1.54, 1.807) is 6.07 Å². The molecule has 15 heavy (non-hydrogen) atoms. The van der Waals surface area contributed by atoms with Crippen LogP contribution in [0.15, 0.2) is 16.9 Å². The maximum Gasteiger partial charge on any atom is 0.273 e. The summed E-state index contributed by atoms with van der Waals surface area (Å²) in [6, 6.07) is 1.56. The monoisotopic (exact) mass is 209 g/mol. The average molecular weight is 209 g/mol. The molecule has 0 saturated carbocycles. The molecule has 1 aromatic rings.